The Morgan fingerprint density at radius 1 is 1.77 bits per heavy atom. The molecule has 68 valence electrons. The number of nitriles is 1. The van der Waals surface area contributed by atoms with E-state index in [0.717, 1.165) is 0 Å². The average molecular weight is 177 g/mol. The summed E-state index contributed by atoms with van der Waals surface area (Å²) in [7, 11) is 0. The monoisotopic (exact) mass is 177 g/mol. The van der Waals surface area contributed by atoms with Gasteiger partial charge in [0.2, 0.25) is 0 Å². The third-order valence-electron chi connectivity index (χ3n) is 1.58. The molecule has 13 heavy (non-hydrogen) atoms. The van der Waals surface area contributed by atoms with Crippen molar-refractivity contribution >= 4 is 5.82 Å². The van der Waals surface area contributed by atoms with Crippen molar-refractivity contribution < 1.29 is 4.74 Å². The zero-order valence-corrected chi connectivity index (χ0v) is 7.40. The number of hydrogen-bond donors (Lipinski definition) is 1. The standard InChI is InChI=1S/C9H11N3O/c1-2-7(6-10)13-8-4-3-5-12-9(8)11/h3-5,7H,2H2,1H3,(H2,11,12). The van der Waals surface area contributed by atoms with E-state index in [4.69, 9.17) is 15.7 Å². The second kappa shape index (κ2) is 4.31. The SMILES string of the molecule is CCC(C#N)Oc1cccnc1N. The van der Waals surface area contributed by atoms with Gasteiger partial charge < -0.3 is 10.5 Å². The van der Waals surface area contributed by atoms with Crippen molar-refractivity contribution in [3.63, 3.8) is 0 Å². The maximum Gasteiger partial charge on any atom is 0.184 e. The Balaban J connectivity index is 2.74. The highest BCUT2D eigenvalue weighted by Gasteiger charge is 2.08. The van der Waals surface area contributed by atoms with Gasteiger partial charge in [-0.15, -0.1) is 0 Å². The van der Waals surface area contributed by atoms with Crippen LogP contribution in [0.1, 0.15) is 13.3 Å². The van der Waals surface area contributed by atoms with E-state index >= 15 is 0 Å². The number of rotatable bonds is 3. The summed E-state index contributed by atoms with van der Waals surface area (Å²) in [4.78, 5) is 3.84. The highest BCUT2D eigenvalue weighted by Crippen LogP contribution is 2.18. The maximum absolute atomic E-state index is 8.64. The lowest BCUT2D eigenvalue weighted by Gasteiger charge is -2.10. The lowest BCUT2D eigenvalue weighted by Crippen LogP contribution is -2.13. The second-order valence-corrected chi connectivity index (χ2v) is 2.53. The Bertz CT molecular complexity index is 319. The number of nitrogens with two attached hydrogens (primary N) is 1. The summed E-state index contributed by atoms with van der Waals surface area (Å²) in [6, 6.07) is 5.44. The molecule has 0 radical (unpaired) electrons. The Hall–Kier alpha value is -1.76. The van der Waals surface area contributed by atoms with Crippen molar-refractivity contribution in [1.82, 2.24) is 4.98 Å². The number of nitrogen functional groups attached to an aromatic ring is 1. The fourth-order valence-corrected chi connectivity index (χ4v) is 0.857. The molecule has 0 saturated heterocycles. The Labute approximate surface area is 77.0 Å². The molecule has 0 bridgehead atoms. The summed E-state index contributed by atoms with van der Waals surface area (Å²) in [6.07, 6.45) is 1.76. The molecule has 0 amide bonds. The zero-order valence-electron chi connectivity index (χ0n) is 7.40. The fourth-order valence-electron chi connectivity index (χ4n) is 0.857. The first-order chi connectivity index (χ1) is 6.27. The van der Waals surface area contributed by atoms with Crippen molar-refractivity contribution in [2.24, 2.45) is 0 Å². The van der Waals surface area contributed by atoms with Gasteiger partial charge in [0.15, 0.2) is 17.7 Å². The van der Waals surface area contributed by atoms with Gasteiger partial charge in [0.25, 0.3) is 0 Å². The van der Waals surface area contributed by atoms with Crippen molar-refractivity contribution in [3.8, 4) is 11.8 Å². The summed E-state index contributed by atoms with van der Waals surface area (Å²) >= 11 is 0. The molecule has 0 aliphatic carbocycles. The van der Waals surface area contributed by atoms with E-state index < -0.39 is 6.10 Å². The number of pyridine rings is 1. The summed E-state index contributed by atoms with van der Waals surface area (Å²) < 4.78 is 5.29. The fraction of sp³-hybridized carbons (Fsp3) is 0.333. The van der Waals surface area contributed by atoms with Gasteiger partial charge in [0.1, 0.15) is 6.07 Å². The first-order valence-corrected chi connectivity index (χ1v) is 4.04. The number of anilines is 1. The summed E-state index contributed by atoms with van der Waals surface area (Å²) in [6.45, 7) is 1.88. The van der Waals surface area contributed by atoms with Crippen molar-refractivity contribution in [2.45, 2.75) is 19.4 Å². The predicted molar refractivity (Wildman–Crippen MR) is 49.0 cm³/mol. The molecule has 2 N–H and O–H groups in total. The van der Waals surface area contributed by atoms with E-state index in [2.05, 4.69) is 4.98 Å². The molecule has 0 aromatic carbocycles. The van der Waals surface area contributed by atoms with Gasteiger partial charge in [-0.25, -0.2) is 4.98 Å². The Morgan fingerprint density at radius 2 is 2.54 bits per heavy atom. The Kier molecular flexibility index (Phi) is 3.09. The van der Waals surface area contributed by atoms with Gasteiger partial charge in [-0.05, 0) is 18.6 Å². The van der Waals surface area contributed by atoms with E-state index in [0.29, 0.717) is 18.0 Å². The second-order valence-electron chi connectivity index (χ2n) is 2.53. The van der Waals surface area contributed by atoms with E-state index in [9.17, 15) is 0 Å². The molecule has 1 atom stereocenters. The van der Waals surface area contributed by atoms with Crippen LogP contribution >= 0.6 is 0 Å². The van der Waals surface area contributed by atoms with Crippen LogP contribution in [0.5, 0.6) is 5.75 Å². The van der Waals surface area contributed by atoms with Gasteiger partial charge in [-0.1, -0.05) is 6.92 Å². The molecule has 0 fully saturated rings. The van der Waals surface area contributed by atoms with E-state index in [1.165, 1.54) is 0 Å². The average Bonchev–Trinajstić information content (AvgIpc) is 2.17. The highest BCUT2D eigenvalue weighted by atomic mass is 16.5. The van der Waals surface area contributed by atoms with Crippen molar-refractivity contribution in [1.29, 1.82) is 5.26 Å². The molecule has 1 heterocycles. The minimum absolute atomic E-state index is 0.316. The molecule has 1 aromatic heterocycles. The van der Waals surface area contributed by atoms with Crippen LogP contribution in [0.15, 0.2) is 18.3 Å². The van der Waals surface area contributed by atoms with Gasteiger partial charge in [0.05, 0.1) is 0 Å². The van der Waals surface area contributed by atoms with Crippen LogP contribution < -0.4 is 10.5 Å². The zero-order chi connectivity index (χ0) is 9.68. The molecule has 4 heteroatoms. The molecule has 0 saturated carbocycles. The van der Waals surface area contributed by atoms with Gasteiger partial charge >= 0.3 is 0 Å². The topological polar surface area (TPSA) is 71.9 Å². The number of hydrogen-bond acceptors (Lipinski definition) is 4. The van der Waals surface area contributed by atoms with E-state index in [1.807, 2.05) is 13.0 Å². The molecule has 1 aromatic rings. The molecule has 4 nitrogen and oxygen atoms in total. The van der Waals surface area contributed by atoms with Crippen molar-refractivity contribution in [2.75, 3.05) is 5.73 Å². The predicted octanol–water partition coefficient (Wildman–Crippen LogP) is 1.34. The summed E-state index contributed by atoms with van der Waals surface area (Å²) in [5.41, 5.74) is 5.53. The van der Waals surface area contributed by atoms with Gasteiger partial charge in [-0.2, -0.15) is 5.26 Å². The summed E-state index contributed by atoms with van der Waals surface area (Å²) in [5.74, 6) is 0.784. The molecule has 1 rings (SSSR count). The lowest BCUT2D eigenvalue weighted by atomic mass is 10.3. The normalized spacial score (nSPS) is 11.7. The first kappa shape index (κ1) is 9.33. The minimum Gasteiger partial charge on any atom is -0.472 e. The third-order valence-corrected chi connectivity index (χ3v) is 1.58. The molecule has 1 unspecified atom stereocenters. The number of aromatic nitrogens is 1. The van der Waals surface area contributed by atoms with Crippen molar-refractivity contribution in [3.05, 3.63) is 18.3 Å². The van der Waals surface area contributed by atoms with E-state index in [-0.39, 0.29) is 0 Å². The summed E-state index contributed by atoms with van der Waals surface area (Å²) in [5, 5.41) is 8.64. The van der Waals surface area contributed by atoms with Gasteiger partial charge in [-0.3, -0.25) is 0 Å². The molecular formula is C9H11N3O. The van der Waals surface area contributed by atoms with Crippen LogP contribution in [0, 0.1) is 11.3 Å². The number of nitrogens with zero attached hydrogens (tertiary/aromatic N) is 2. The van der Waals surface area contributed by atoms with Crippen LogP contribution in [-0.4, -0.2) is 11.1 Å². The van der Waals surface area contributed by atoms with Crippen LogP contribution in [-0.2, 0) is 0 Å². The molecule has 0 aliphatic rings. The maximum atomic E-state index is 8.64. The molecular weight excluding hydrogens is 166 g/mol. The first-order valence-electron chi connectivity index (χ1n) is 4.04. The van der Waals surface area contributed by atoms with Gasteiger partial charge in [0, 0.05) is 6.20 Å². The van der Waals surface area contributed by atoms with Crippen LogP contribution in [0.2, 0.25) is 0 Å². The lowest BCUT2D eigenvalue weighted by molar-refractivity contribution is 0.252. The van der Waals surface area contributed by atoms with Crippen LogP contribution in [0.25, 0.3) is 0 Å². The molecule has 0 aliphatic heterocycles. The minimum atomic E-state index is -0.452. The Morgan fingerprint density at radius 3 is 3.08 bits per heavy atom. The molecule has 0 spiro atoms. The smallest absolute Gasteiger partial charge is 0.184 e. The van der Waals surface area contributed by atoms with Crippen LogP contribution in [0.3, 0.4) is 0 Å². The highest BCUT2D eigenvalue weighted by molar-refractivity contribution is 5.44. The quantitative estimate of drug-likeness (QED) is 0.756. The van der Waals surface area contributed by atoms with Crippen LogP contribution in [0.4, 0.5) is 5.82 Å². The largest absolute Gasteiger partial charge is 0.472 e. The number of ether oxygens (including phenoxy) is 1. The third kappa shape index (κ3) is 2.34. The van der Waals surface area contributed by atoms with E-state index in [1.54, 1.807) is 18.3 Å².